The number of carbonyl (C=O) groups is 1. The van der Waals surface area contributed by atoms with Crippen molar-refractivity contribution in [3.05, 3.63) is 74.9 Å². The Labute approximate surface area is 181 Å². The predicted octanol–water partition coefficient (Wildman–Crippen LogP) is 3.43. The molecule has 0 aliphatic carbocycles. The van der Waals surface area contributed by atoms with E-state index >= 15 is 0 Å². The highest BCUT2D eigenvalue weighted by Crippen LogP contribution is 2.20. The SMILES string of the molecule is CCCc1nc2ccc(Br)cc2c(=O)n1N=Cc1cn(CC(N)=O)c2ccccc12. The van der Waals surface area contributed by atoms with Crippen molar-refractivity contribution in [2.24, 2.45) is 10.8 Å². The van der Waals surface area contributed by atoms with Crippen LogP contribution in [0.3, 0.4) is 0 Å². The Bertz CT molecular complexity index is 1350. The molecular weight excluding hydrogens is 446 g/mol. The highest BCUT2D eigenvalue weighted by molar-refractivity contribution is 9.10. The lowest BCUT2D eigenvalue weighted by Gasteiger charge is -2.08. The van der Waals surface area contributed by atoms with Gasteiger partial charge in [0.15, 0.2) is 0 Å². The van der Waals surface area contributed by atoms with Gasteiger partial charge < -0.3 is 10.3 Å². The van der Waals surface area contributed by atoms with E-state index in [4.69, 9.17) is 5.73 Å². The number of rotatable bonds is 6. The molecule has 2 aromatic heterocycles. The van der Waals surface area contributed by atoms with E-state index in [1.54, 1.807) is 16.8 Å². The Hall–Kier alpha value is -3.26. The summed E-state index contributed by atoms with van der Waals surface area (Å²) < 4.78 is 3.95. The highest BCUT2D eigenvalue weighted by Gasteiger charge is 2.12. The maximum Gasteiger partial charge on any atom is 0.282 e. The Morgan fingerprint density at radius 1 is 1.23 bits per heavy atom. The predicted molar refractivity (Wildman–Crippen MR) is 122 cm³/mol. The third-order valence-corrected chi connectivity index (χ3v) is 5.30. The molecule has 0 fully saturated rings. The molecule has 0 aliphatic rings. The number of nitrogens with two attached hydrogens (primary N) is 1. The second-order valence-corrected chi connectivity index (χ2v) is 7.91. The fourth-order valence-corrected chi connectivity index (χ4v) is 3.86. The van der Waals surface area contributed by atoms with Gasteiger partial charge in [-0.1, -0.05) is 41.1 Å². The number of carbonyl (C=O) groups excluding carboxylic acids is 1. The molecule has 0 radical (unpaired) electrons. The molecular formula is C22H20BrN5O2. The number of fused-ring (bicyclic) bond motifs is 2. The van der Waals surface area contributed by atoms with E-state index < -0.39 is 5.91 Å². The fraction of sp³-hybridized carbons (Fsp3) is 0.182. The van der Waals surface area contributed by atoms with Crippen molar-refractivity contribution >= 4 is 49.9 Å². The van der Waals surface area contributed by atoms with Gasteiger partial charge in [0, 0.05) is 33.6 Å². The number of para-hydroxylation sites is 1. The van der Waals surface area contributed by atoms with Crippen LogP contribution in [0.1, 0.15) is 24.7 Å². The standard InChI is InChI=1S/C22H20BrN5O2/c1-2-5-21-26-18-9-8-15(23)10-17(18)22(30)28(21)25-11-14-12-27(13-20(24)29)19-7-4-3-6-16(14)19/h3-4,6-12H,2,5,13H2,1H3,(H2,24,29). The number of nitrogens with zero attached hydrogens (tertiary/aromatic N) is 4. The van der Waals surface area contributed by atoms with E-state index in [0.29, 0.717) is 23.1 Å². The molecule has 30 heavy (non-hydrogen) atoms. The van der Waals surface area contributed by atoms with Crippen LogP contribution in [-0.2, 0) is 17.8 Å². The first-order valence-corrected chi connectivity index (χ1v) is 10.4. The summed E-state index contributed by atoms with van der Waals surface area (Å²) in [4.78, 5) is 29.2. The number of hydrogen-bond acceptors (Lipinski definition) is 4. The van der Waals surface area contributed by atoms with E-state index in [1.165, 1.54) is 4.68 Å². The van der Waals surface area contributed by atoms with Crippen LogP contribution in [0.15, 0.2) is 63.0 Å². The first kappa shape index (κ1) is 20.0. The monoisotopic (exact) mass is 465 g/mol. The summed E-state index contributed by atoms with van der Waals surface area (Å²) in [5.74, 6) is 0.180. The van der Waals surface area contributed by atoms with Crippen LogP contribution in [0, 0.1) is 0 Å². The van der Waals surface area contributed by atoms with Crippen molar-refractivity contribution < 1.29 is 4.79 Å². The molecule has 2 N–H and O–H groups in total. The number of benzene rings is 2. The largest absolute Gasteiger partial charge is 0.368 e. The maximum absolute atomic E-state index is 13.1. The van der Waals surface area contributed by atoms with Gasteiger partial charge in [0.2, 0.25) is 5.91 Å². The molecule has 1 amide bonds. The highest BCUT2D eigenvalue weighted by atomic mass is 79.9. The Kier molecular flexibility index (Phi) is 5.50. The molecule has 152 valence electrons. The summed E-state index contributed by atoms with van der Waals surface area (Å²) in [6, 6.07) is 13.1. The second-order valence-electron chi connectivity index (χ2n) is 7.00. The minimum atomic E-state index is -0.426. The molecule has 7 nitrogen and oxygen atoms in total. The molecule has 8 heteroatoms. The van der Waals surface area contributed by atoms with E-state index in [1.807, 2.05) is 49.5 Å². The van der Waals surface area contributed by atoms with Crippen molar-refractivity contribution in [2.75, 3.05) is 0 Å². The Balaban J connectivity index is 1.86. The normalized spacial score (nSPS) is 11.7. The molecule has 2 heterocycles. The first-order valence-electron chi connectivity index (χ1n) is 9.59. The van der Waals surface area contributed by atoms with Crippen LogP contribution < -0.4 is 11.3 Å². The molecule has 0 atom stereocenters. The van der Waals surface area contributed by atoms with Gasteiger partial charge in [0.1, 0.15) is 12.4 Å². The van der Waals surface area contributed by atoms with E-state index in [2.05, 4.69) is 26.0 Å². The lowest BCUT2D eigenvalue weighted by atomic mass is 10.2. The minimum Gasteiger partial charge on any atom is -0.368 e. The van der Waals surface area contributed by atoms with Crippen LogP contribution in [-0.4, -0.2) is 26.3 Å². The van der Waals surface area contributed by atoms with Gasteiger partial charge >= 0.3 is 0 Å². The average Bonchev–Trinajstić information content (AvgIpc) is 3.06. The third kappa shape index (κ3) is 3.78. The lowest BCUT2D eigenvalue weighted by Crippen LogP contribution is -2.22. The van der Waals surface area contributed by atoms with Gasteiger partial charge in [-0.15, -0.1) is 0 Å². The average molecular weight is 466 g/mol. The maximum atomic E-state index is 13.1. The van der Waals surface area contributed by atoms with Gasteiger partial charge in [-0.2, -0.15) is 9.78 Å². The van der Waals surface area contributed by atoms with Crippen LogP contribution in [0.2, 0.25) is 0 Å². The number of halogens is 1. The summed E-state index contributed by atoms with van der Waals surface area (Å²) >= 11 is 3.41. The molecule has 0 unspecified atom stereocenters. The number of primary amides is 1. The zero-order valence-corrected chi connectivity index (χ0v) is 18.0. The van der Waals surface area contributed by atoms with Gasteiger partial charge in [0.05, 0.1) is 17.1 Å². The lowest BCUT2D eigenvalue weighted by molar-refractivity contribution is -0.118. The van der Waals surface area contributed by atoms with E-state index in [0.717, 1.165) is 27.4 Å². The zero-order valence-electron chi connectivity index (χ0n) is 16.4. The summed E-state index contributed by atoms with van der Waals surface area (Å²) in [5, 5.41) is 5.91. The quantitative estimate of drug-likeness (QED) is 0.441. The Morgan fingerprint density at radius 3 is 2.80 bits per heavy atom. The minimum absolute atomic E-state index is 0.0704. The van der Waals surface area contributed by atoms with Crippen molar-refractivity contribution in [3.63, 3.8) is 0 Å². The van der Waals surface area contributed by atoms with Crippen molar-refractivity contribution in [1.29, 1.82) is 0 Å². The molecule has 0 saturated heterocycles. The Morgan fingerprint density at radius 2 is 2.03 bits per heavy atom. The van der Waals surface area contributed by atoms with Crippen LogP contribution in [0.5, 0.6) is 0 Å². The summed E-state index contributed by atoms with van der Waals surface area (Å²) in [7, 11) is 0. The van der Waals surface area contributed by atoms with Crippen LogP contribution in [0.4, 0.5) is 0 Å². The smallest absolute Gasteiger partial charge is 0.282 e. The van der Waals surface area contributed by atoms with Crippen molar-refractivity contribution in [3.8, 4) is 0 Å². The molecule has 0 spiro atoms. The van der Waals surface area contributed by atoms with Gasteiger partial charge in [-0.25, -0.2) is 4.98 Å². The van der Waals surface area contributed by atoms with E-state index in [9.17, 15) is 9.59 Å². The third-order valence-electron chi connectivity index (χ3n) is 4.81. The van der Waals surface area contributed by atoms with E-state index in [-0.39, 0.29) is 12.1 Å². The molecule has 4 rings (SSSR count). The van der Waals surface area contributed by atoms with Gasteiger partial charge in [-0.05, 0) is 30.7 Å². The van der Waals surface area contributed by atoms with Crippen molar-refractivity contribution in [1.82, 2.24) is 14.2 Å². The topological polar surface area (TPSA) is 95.3 Å². The molecule has 4 aromatic rings. The second kappa shape index (κ2) is 8.23. The zero-order chi connectivity index (χ0) is 21.3. The van der Waals surface area contributed by atoms with Crippen molar-refractivity contribution in [2.45, 2.75) is 26.3 Å². The molecule has 0 saturated carbocycles. The molecule has 0 aliphatic heterocycles. The summed E-state index contributed by atoms with van der Waals surface area (Å²) in [6.07, 6.45) is 4.91. The molecule has 2 aromatic carbocycles. The fourth-order valence-electron chi connectivity index (χ4n) is 3.50. The number of aryl methyl sites for hydroxylation is 1. The number of aromatic nitrogens is 3. The summed E-state index contributed by atoms with van der Waals surface area (Å²) in [6.45, 7) is 2.10. The number of hydrogen-bond donors (Lipinski definition) is 1. The van der Waals surface area contributed by atoms with Gasteiger partial charge in [-0.3, -0.25) is 9.59 Å². The van der Waals surface area contributed by atoms with Gasteiger partial charge in [0.25, 0.3) is 5.56 Å². The summed E-state index contributed by atoms with van der Waals surface area (Å²) in [5.41, 5.74) is 7.47. The van der Waals surface area contributed by atoms with Crippen LogP contribution >= 0.6 is 15.9 Å². The molecule has 0 bridgehead atoms. The number of amides is 1. The van der Waals surface area contributed by atoms with Crippen LogP contribution in [0.25, 0.3) is 21.8 Å². The first-order chi connectivity index (χ1) is 14.5.